The number of hydrogen-bond acceptors (Lipinski definition) is 4. The number of carbonyl (C=O) groups excluding carboxylic acids is 1. The van der Waals surface area contributed by atoms with Crippen molar-refractivity contribution in [1.29, 1.82) is 0 Å². The molecule has 0 aliphatic carbocycles. The van der Waals surface area contributed by atoms with Gasteiger partial charge in [-0.25, -0.2) is 9.97 Å². The molecule has 0 spiro atoms. The average molecular weight is 521 g/mol. The fourth-order valence-corrected chi connectivity index (χ4v) is 4.39. The number of aromatic nitrogens is 2. The molecule has 0 aliphatic rings. The van der Waals surface area contributed by atoms with Crippen LogP contribution >= 0.6 is 23.2 Å². The number of amides is 1. The first kappa shape index (κ1) is 25.9. The molecule has 1 unspecified atom stereocenters. The van der Waals surface area contributed by atoms with E-state index in [0.29, 0.717) is 35.4 Å². The molecular formula is C29H30Cl2N4O. The Kier molecular flexibility index (Phi) is 8.79. The van der Waals surface area contributed by atoms with E-state index >= 15 is 0 Å². The summed E-state index contributed by atoms with van der Waals surface area (Å²) in [6.07, 6.45) is 2.07. The van der Waals surface area contributed by atoms with Crippen molar-refractivity contribution in [3.8, 4) is 11.4 Å². The van der Waals surface area contributed by atoms with E-state index in [1.165, 1.54) is 5.56 Å². The van der Waals surface area contributed by atoms with Crippen molar-refractivity contribution < 1.29 is 4.79 Å². The molecule has 186 valence electrons. The van der Waals surface area contributed by atoms with Crippen molar-refractivity contribution in [3.63, 3.8) is 0 Å². The van der Waals surface area contributed by atoms with Crippen LogP contribution in [0.2, 0.25) is 10.0 Å². The van der Waals surface area contributed by atoms with Crippen LogP contribution < -0.4 is 10.2 Å². The maximum absolute atomic E-state index is 12.7. The average Bonchev–Trinajstić information content (AvgIpc) is 2.88. The standard InChI is InChI=1S/C29H30Cl2N4O/c1-3-20(2)32-27(36)16-18-35(17-15-21-9-5-4-6-10-21)29-24-14-13-22(30)19-26(24)33-28(34-29)23-11-7-8-12-25(23)31/h4-14,19-20H,3,15-18H2,1-2H3,(H,32,36). The molecule has 0 radical (unpaired) electrons. The number of fused-ring (bicyclic) bond motifs is 1. The third kappa shape index (κ3) is 6.54. The molecule has 1 amide bonds. The van der Waals surface area contributed by atoms with Crippen molar-refractivity contribution in [2.45, 2.75) is 39.2 Å². The fraction of sp³-hybridized carbons (Fsp3) is 0.276. The molecule has 0 saturated carbocycles. The Bertz CT molecular complexity index is 1330. The Hall–Kier alpha value is -3.15. The topological polar surface area (TPSA) is 58.1 Å². The van der Waals surface area contributed by atoms with E-state index < -0.39 is 0 Å². The lowest BCUT2D eigenvalue weighted by atomic mass is 10.1. The maximum atomic E-state index is 12.7. The molecule has 4 rings (SSSR count). The van der Waals surface area contributed by atoms with Crippen LogP contribution in [-0.2, 0) is 11.2 Å². The minimum atomic E-state index is 0.0294. The van der Waals surface area contributed by atoms with E-state index in [9.17, 15) is 4.79 Å². The lowest BCUT2D eigenvalue weighted by Gasteiger charge is -2.26. The normalized spacial score (nSPS) is 11.9. The molecule has 5 nitrogen and oxygen atoms in total. The Morgan fingerprint density at radius 2 is 1.72 bits per heavy atom. The van der Waals surface area contributed by atoms with Gasteiger partial charge in [0.25, 0.3) is 0 Å². The van der Waals surface area contributed by atoms with Crippen LogP contribution in [0.15, 0.2) is 72.8 Å². The summed E-state index contributed by atoms with van der Waals surface area (Å²) in [4.78, 5) is 24.6. The summed E-state index contributed by atoms with van der Waals surface area (Å²) in [5.74, 6) is 1.32. The third-order valence-electron chi connectivity index (χ3n) is 6.19. The predicted molar refractivity (Wildman–Crippen MR) is 150 cm³/mol. The van der Waals surface area contributed by atoms with Gasteiger partial charge in [0, 0.05) is 41.5 Å². The summed E-state index contributed by atoms with van der Waals surface area (Å²) in [6, 6.07) is 23.6. The van der Waals surface area contributed by atoms with Gasteiger partial charge in [-0.05, 0) is 55.7 Å². The van der Waals surface area contributed by atoms with Gasteiger partial charge in [0.05, 0.1) is 10.5 Å². The van der Waals surface area contributed by atoms with Crippen LogP contribution in [0.1, 0.15) is 32.3 Å². The van der Waals surface area contributed by atoms with Gasteiger partial charge >= 0.3 is 0 Å². The van der Waals surface area contributed by atoms with E-state index in [0.717, 1.165) is 35.1 Å². The molecule has 1 N–H and O–H groups in total. The molecule has 0 aliphatic heterocycles. The number of anilines is 1. The lowest BCUT2D eigenvalue weighted by molar-refractivity contribution is -0.121. The Morgan fingerprint density at radius 1 is 0.972 bits per heavy atom. The molecule has 0 fully saturated rings. The summed E-state index contributed by atoms with van der Waals surface area (Å²) in [5, 5.41) is 5.12. The fourth-order valence-electron chi connectivity index (χ4n) is 4.01. The van der Waals surface area contributed by atoms with Gasteiger partial charge < -0.3 is 10.2 Å². The minimum Gasteiger partial charge on any atom is -0.355 e. The summed E-state index contributed by atoms with van der Waals surface area (Å²) in [7, 11) is 0. The molecule has 1 atom stereocenters. The SMILES string of the molecule is CCC(C)NC(=O)CCN(CCc1ccccc1)c1nc(-c2ccccc2Cl)nc2cc(Cl)ccc12. The second-order valence-electron chi connectivity index (χ2n) is 8.86. The highest BCUT2D eigenvalue weighted by atomic mass is 35.5. The minimum absolute atomic E-state index is 0.0294. The van der Waals surface area contributed by atoms with E-state index in [1.807, 2.05) is 67.6 Å². The lowest BCUT2D eigenvalue weighted by Crippen LogP contribution is -2.36. The van der Waals surface area contributed by atoms with E-state index in [4.69, 9.17) is 33.2 Å². The summed E-state index contributed by atoms with van der Waals surface area (Å²) >= 11 is 12.8. The maximum Gasteiger partial charge on any atom is 0.221 e. The Labute approximate surface area is 222 Å². The molecule has 7 heteroatoms. The zero-order chi connectivity index (χ0) is 25.5. The number of carbonyl (C=O) groups is 1. The van der Waals surface area contributed by atoms with Gasteiger partial charge in [0.15, 0.2) is 5.82 Å². The number of hydrogen-bond donors (Lipinski definition) is 1. The van der Waals surface area contributed by atoms with Crippen molar-refractivity contribution in [2.24, 2.45) is 0 Å². The molecule has 36 heavy (non-hydrogen) atoms. The highest BCUT2D eigenvalue weighted by molar-refractivity contribution is 6.33. The van der Waals surface area contributed by atoms with Crippen LogP contribution in [0.3, 0.4) is 0 Å². The Balaban J connectivity index is 1.74. The summed E-state index contributed by atoms with van der Waals surface area (Å²) in [5.41, 5.74) is 2.70. The van der Waals surface area contributed by atoms with Gasteiger partial charge in [-0.2, -0.15) is 0 Å². The highest BCUT2D eigenvalue weighted by Gasteiger charge is 2.19. The smallest absolute Gasteiger partial charge is 0.221 e. The first-order valence-electron chi connectivity index (χ1n) is 12.2. The van der Waals surface area contributed by atoms with Crippen LogP contribution in [0, 0.1) is 0 Å². The number of nitrogens with one attached hydrogen (secondary N) is 1. The monoisotopic (exact) mass is 520 g/mol. The first-order chi connectivity index (χ1) is 17.4. The molecule has 3 aromatic carbocycles. The van der Waals surface area contributed by atoms with Crippen LogP contribution in [0.25, 0.3) is 22.3 Å². The quantitative estimate of drug-likeness (QED) is 0.245. The Morgan fingerprint density at radius 3 is 2.47 bits per heavy atom. The van der Waals surface area contributed by atoms with Crippen molar-refractivity contribution in [1.82, 2.24) is 15.3 Å². The number of halogens is 2. The third-order valence-corrected chi connectivity index (χ3v) is 6.76. The molecular weight excluding hydrogens is 491 g/mol. The van der Waals surface area contributed by atoms with Crippen LogP contribution in [0.4, 0.5) is 5.82 Å². The molecule has 0 bridgehead atoms. The van der Waals surface area contributed by atoms with Gasteiger partial charge in [-0.15, -0.1) is 0 Å². The summed E-state index contributed by atoms with van der Waals surface area (Å²) in [6.45, 7) is 5.29. The molecule has 1 heterocycles. The van der Waals surface area contributed by atoms with Gasteiger partial charge in [0.2, 0.25) is 5.91 Å². The highest BCUT2D eigenvalue weighted by Crippen LogP contribution is 2.32. The van der Waals surface area contributed by atoms with Crippen molar-refractivity contribution in [3.05, 3.63) is 88.4 Å². The van der Waals surface area contributed by atoms with Crippen molar-refractivity contribution >= 4 is 45.8 Å². The van der Waals surface area contributed by atoms with E-state index in [-0.39, 0.29) is 11.9 Å². The number of rotatable bonds is 10. The van der Waals surface area contributed by atoms with E-state index in [1.54, 1.807) is 0 Å². The first-order valence-corrected chi connectivity index (χ1v) is 13.0. The van der Waals surface area contributed by atoms with Gasteiger partial charge in [-0.1, -0.05) is 72.6 Å². The molecule has 4 aromatic rings. The molecule has 1 aromatic heterocycles. The summed E-state index contributed by atoms with van der Waals surface area (Å²) < 4.78 is 0. The van der Waals surface area contributed by atoms with Crippen molar-refractivity contribution in [2.75, 3.05) is 18.0 Å². The van der Waals surface area contributed by atoms with E-state index in [2.05, 4.69) is 29.3 Å². The number of nitrogens with zero attached hydrogens (tertiary/aromatic N) is 3. The van der Waals surface area contributed by atoms with Crippen LogP contribution in [0.5, 0.6) is 0 Å². The van der Waals surface area contributed by atoms with Crippen LogP contribution in [-0.4, -0.2) is 35.0 Å². The largest absolute Gasteiger partial charge is 0.355 e. The second kappa shape index (κ2) is 12.2. The zero-order valence-electron chi connectivity index (χ0n) is 20.5. The zero-order valence-corrected chi connectivity index (χ0v) is 22.1. The second-order valence-corrected chi connectivity index (χ2v) is 9.71. The number of benzene rings is 3. The van der Waals surface area contributed by atoms with Gasteiger partial charge in [0.1, 0.15) is 5.82 Å². The van der Waals surface area contributed by atoms with Gasteiger partial charge in [-0.3, -0.25) is 4.79 Å². The predicted octanol–water partition coefficient (Wildman–Crippen LogP) is 6.96. The molecule has 0 saturated heterocycles.